The van der Waals surface area contributed by atoms with E-state index in [1.165, 1.54) is 0 Å². The number of benzene rings is 2. The summed E-state index contributed by atoms with van der Waals surface area (Å²) in [5.74, 6) is 8.03. The van der Waals surface area contributed by atoms with Crippen molar-refractivity contribution in [3.05, 3.63) is 89.6 Å². The lowest BCUT2D eigenvalue weighted by Crippen LogP contribution is -2.32. The van der Waals surface area contributed by atoms with E-state index < -0.39 is 10.1 Å². The summed E-state index contributed by atoms with van der Waals surface area (Å²) in [5, 5.41) is 4.27. The Hall–Kier alpha value is -3.75. The molecule has 3 heterocycles. The monoisotopic (exact) mass is 601 g/mol. The minimum atomic E-state index is -3.76. The molecule has 1 aliphatic carbocycles. The Morgan fingerprint density at radius 3 is 2.63 bits per heavy atom. The van der Waals surface area contributed by atoms with Crippen LogP contribution in [0.4, 0.5) is 0 Å². The first-order valence-corrected chi connectivity index (χ1v) is 16.1. The first-order chi connectivity index (χ1) is 20.8. The fourth-order valence-corrected chi connectivity index (χ4v) is 6.32. The Morgan fingerprint density at radius 1 is 1.09 bits per heavy atom. The average Bonchev–Trinajstić information content (AvgIpc) is 3.65. The minimum absolute atomic E-state index is 0.103. The van der Waals surface area contributed by atoms with Crippen LogP contribution in [-0.2, 0) is 30.3 Å². The van der Waals surface area contributed by atoms with Crippen LogP contribution in [0.3, 0.4) is 0 Å². The zero-order valence-corrected chi connectivity index (χ0v) is 25.1. The third-order valence-corrected chi connectivity index (χ3v) is 9.13. The molecule has 2 aromatic heterocycles. The molecule has 0 N–H and O–H groups in total. The normalized spacial score (nSPS) is 21.0. The molecule has 2 atom stereocenters. The number of hydrogen-bond donors (Lipinski definition) is 0. The van der Waals surface area contributed by atoms with Crippen molar-refractivity contribution < 1.29 is 26.6 Å². The predicted molar refractivity (Wildman–Crippen MR) is 159 cm³/mol. The lowest BCUT2D eigenvalue weighted by atomic mass is 9.83. The van der Waals surface area contributed by atoms with Gasteiger partial charge in [-0.25, -0.2) is 4.98 Å². The smallest absolute Gasteiger partial charge is 0.297 e. The second kappa shape index (κ2) is 12.9. The highest BCUT2D eigenvalue weighted by Crippen LogP contribution is 2.32. The number of rotatable bonds is 9. The van der Waals surface area contributed by atoms with Crippen molar-refractivity contribution in [2.45, 2.75) is 75.9 Å². The quantitative estimate of drug-likeness (QED) is 0.169. The molecule has 10 heteroatoms. The van der Waals surface area contributed by atoms with E-state index in [-0.39, 0.29) is 29.3 Å². The molecule has 0 amide bonds. The molecule has 9 nitrogen and oxygen atoms in total. The van der Waals surface area contributed by atoms with E-state index >= 15 is 0 Å². The van der Waals surface area contributed by atoms with Gasteiger partial charge in [0.1, 0.15) is 17.6 Å². The van der Waals surface area contributed by atoms with Gasteiger partial charge in [0.25, 0.3) is 10.1 Å². The first-order valence-electron chi connectivity index (χ1n) is 14.7. The molecule has 0 spiro atoms. The highest BCUT2D eigenvalue weighted by Gasteiger charge is 2.33. The van der Waals surface area contributed by atoms with Crippen molar-refractivity contribution in [2.75, 3.05) is 6.61 Å². The molecule has 0 bridgehead atoms. The summed E-state index contributed by atoms with van der Waals surface area (Å²) < 4.78 is 49.9. The van der Waals surface area contributed by atoms with Crippen LogP contribution in [0.1, 0.15) is 67.8 Å². The second-order valence-corrected chi connectivity index (χ2v) is 12.7. The molecule has 1 aliphatic heterocycles. The van der Waals surface area contributed by atoms with Crippen molar-refractivity contribution in [1.82, 2.24) is 14.7 Å². The van der Waals surface area contributed by atoms with Crippen molar-refractivity contribution in [2.24, 2.45) is 5.92 Å². The van der Waals surface area contributed by atoms with Gasteiger partial charge in [-0.2, -0.15) is 8.42 Å². The summed E-state index contributed by atoms with van der Waals surface area (Å²) in [4.78, 5) is 4.69. The molecule has 2 aromatic carbocycles. The molecule has 1 saturated carbocycles. The van der Waals surface area contributed by atoms with Crippen molar-refractivity contribution in [3.8, 4) is 23.2 Å². The highest BCUT2D eigenvalue weighted by molar-refractivity contribution is 7.86. The maximum absolute atomic E-state index is 12.5. The van der Waals surface area contributed by atoms with Gasteiger partial charge in [-0.05, 0) is 82.3 Å². The Labute approximate surface area is 252 Å². The molecule has 224 valence electrons. The van der Waals surface area contributed by atoms with E-state index in [0.29, 0.717) is 25.1 Å². The lowest BCUT2D eigenvalue weighted by molar-refractivity contribution is -0.188. The van der Waals surface area contributed by atoms with Gasteiger partial charge in [-0.3, -0.25) is 4.18 Å². The Balaban J connectivity index is 1.01. The molecule has 1 saturated heterocycles. The molecular weight excluding hydrogens is 566 g/mol. The Bertz CT molecular complexity index is 1690. The van der Waals surface area contributed by atoms with E-state index in [1.54, 1.807) is 30.5 Å². The van der Waals surface area contributed by atoms with Crippen molar-refractivity contribution in [3.63, 3.8) is 0 Å². The summed E-state index contributed by atoms with van der Waals surface area (Å²) in [6, 6.07) is 16.4. The number of aromatic nitrogens is 3. The summed E-state index contributed by atoms with van der Waals surface area (Å²) in [5.41, 5.74) is 3.56. The number of hydrogen-bond acceptors (Lipinski definition) is 8. The Kier molecular flexibility index (Phi) is 8.77. The zero-order valence-electron chi connectivity index (χ0n) is 24.3. The van der Waals surface area contributed by atoms with Gasteiger partial charge in [0.2, 0.25) is 0 Å². The van der Waals surface area contributed by atoms with E-state index in [1.807, 2.05) is 54.9 Å². The lowest BCUT2D eigenvalue weighted by Gasteiger charge is -2.30. The largest absolute Gasteiger partial charge is 0.356 e. The number of aryl methyl sites for hydroxylation is 1. The van der Waals surface area contributed by atoms with E-state index in [4.69, 9.17) is 18.2 Å². The Morgan fingerprint density at radius 2 is 1.88 bits per heavy atom. The molecule has 0 radical (unpaired) electrons. The predicted octanol–water partition coefficient (Wildman–Crippen LogP) is 6.03. The summed E-state index contributed by atoms with van der Waals surface area (Å²) in [6.07, 6.45) is 7.23. The third kappa shape index (κ3) is 7.25. The van der Waals surface area contributed by atoms with Gasteiger partial charge in [0, 0.05) is 42.1 Å². The average molecular weight is 602 g/mol. The number of ether oxygens (including phenoxy) is 2. The van der Waals surface area contributed by atoms with Gasteiger partial charge in [-0.1, -0.05) is 34.7 Å². The van der Waals surface area contributed by atoms with Gasteiger partial charge in [0.15, 0.2) is 12.1 Å². The van der Waals surface area contributed by atoms with Crippen molar-refractivity contribution in [1.29, 1.82) is 0 Å². The molecular formula is C33H35N3O6S. The zero-order chi connectivity index (χ0) is 29.8. The fourth-order valence-electron chi connectivity index (χ4n) is 5.22. The van der Waals surface area contributed by atoms with Crippen LogP contribution < -0.4 is 0 Å². The van der Waals surface area contributed by atoms with E-state index in [0.717, 1.165) is 54.1 Å². The van der Waals surface area contributed by atoms with Crippen LogP contribution in [0, 0.1) is 24.7 Å². The van der Waals surface area contributed by atoms with Gasteiger partial charge in [-0.15, -0.1) is 0 Å². The number of imidazole rings is 1. The highest BCUT2D eigenvalue weighted by atomic mass is 32.2. The van der Waals surface area contributed by atoms with Crippen LogP contribution in [-0.4, -0.2) is 42.1 Å². The van der Waals surface area contributed by atoms with Gasteiger partial charge < -0.3 is 18.6 Å². The molecule has 2 fully saturated rings. The van der Waals surface area contributed by atoms with Crippen molar-refractivity contribution >= 4 is 10.1 Å². The van der Waals surface area contributed by atoms with E-state index in [2.05, 4.69) is 22.0 Å². The maximum Gasteiger partial charge on any atom is 0.297 e. The topological polar surface area (TPSA) is 106 Å². The second-order valence-electron chi connectivity index (χ2n) is 11.2. The molecule has 43 heavy (non-hydrogen) atoms. The first kappa shape index (κ1) is 29.3. The molecule has 4 aromatic rings. The van der Waals surface area contributed by atoms with Crippen LogP contribution in [0.5, 0.6) is 0 Å². The summed E-state index contributed by atoms with van der Waals surface area (Å²) in [6.45, 7) is 5.15. The van der Waals surface area contributed by atoms with Crippen LogP contribution in [0.25, 0.3) is 11.3 Å². The van der Waals surface area contributed by atoms with Crippen LogP contribution >= 0.6 is 0 Å². The fraction of sp³-hybridized carbons (Fsp3) is 0.394. The van der Waals surface area contributed by atoms with Crippen LogP contribution in [0.2, 0.25) is 0 Å². The summed E-state index contributed by atoms with van der Waals surface area (Å²) >= 11 is 0. The van der Waals surface area contributed by atoms with Gasteiger partial charge >= 0.3 is 0 Å². The van der Waals surface area contributed by atoms with E-state index in [9.17, 15) is 8.42 Å². The number of nitrogens with zero attached hydrogens (tertiary/aromatic N) is 3. The summed E-state index contributed by atoms with van der Waals surface area (Å²) in [7, 11) is -3.76. The molecule has 6 rings (SSSR count). The standard InChI is InChI=1S/C33H35N3O6S/c1-23-6-14-30(15-7-23)43(37,38)42-29-19-26(20-29)9-8-25-10-12-27(13-11-25)31-21-28(35-41-31)22-36-17-16-34-33(36)24(2)40-32-5-3-4-18-39-32/h6-7,10-17,21,24,26,29,32H,3-5,18-20,22H2,1-2H3/t24-,26?,29?,32?/m0/s1. The third-order valence-electron chi connectivity index (χ3n) is 7.75. The minimum Gasteiger partial charge on any atom is -0.356 e. The van der Waals surface area contributed by atoms with Crippen LogP contribution in [0.15, 0.2) is 76.4 Å². The SMILES string of the molecule is Cc1ccc(S(=O)(=O)OC2CC(C#Cc3ccc(-c4cc(Cn5ccnc5[C@H](C)OC5CCCCO5)no4)cc3)C2)cc1. The molecule has 1 unspecified atom stereocenters. The maximum atomic E-state index is 12.5. The molecule has 2 aliphatic rings. The van der Waals surface area contributed by atoms with Gasteiger partial charge in [0.05, 0.1) is 17.5 Å².